The monoisotopic (exact) mass is 236 g/mol. The van der Waals surface area contributed by atoms with Crippen LogP contribution in [0.1, 0.15) is 5.56 Å². The molecule has 0 fully saturated rings. The predicted molar refractivity (Wildman–Crippen MR) is 56.5 cm³/mol. The molecule has 17 heavy (non-hydrogen) atoms. The molecule has 88 valence electrons. The molecule has 0 unspecified atom stereocenters. The largest absolute Gasteiger partial charge is 0.480 e. The van der Waals surface area contributed by atoms with Gasteiger partial charge in [-0.2, -0.15) is 5.26 Å². The van der Waals surface area contributed by atoms with Crippen molar-refractivity contribution in [1.29, 1.82) is 5.26 Å². The van der Waals surface area contributed by atoms with E-state index >= 15 is 0 Å². The molecule has 1 aromatic rings. The second-order valence-corrected chi connectivity index (χ2v) is 3.18. The summed E-state index contributed by atoms with van der Waals surface area (Å²) in [5.41, 5.74) is -0.350. The molecule has 1 rings (SSSR count). The highest BCUT2D eigenvalue weighted by Crippen LogP contribution is 2.20. The lowest BCUT2D eigenvalue weighted by Gasteiger charge is -2.16. The summed E-state index contributed by atoms with van der Waals surface area (Å²) in [6.07, 6.45) is 0.981. The Morgan fingerprint density at radius 2 is 2.41 bits per heavy atom. The number of hydrogen-bond donors (Lipinski definition) is 1. The van der Waals surface area contributed by atoms with Crippen molar-refractivity contribution in [3.63, 3.8) is 0 Å². The molecule has 0 aliphatic heterocycles. The predicted octanol–water partition coefficient (Wildman–Crippen LogP) is 0.382. The lowest BCUT2D eigenvalue weighted by atomic mass is 10.2. The minimum Gasteiger partial charge on any atom is -0.480 e. The summed E-state index contributed by atoms with van der Waals surface area (Å²) < 4.78 is 0. The van der Waals surface area contributed by atoms with Gasteiger partial charge >= 0.3 is 5.97 Å². The number of carbonyl (C=O) groups is 1. The number of aliphatic carboxylic acids is 1. The van der Waals surface area contributed by atoms with Crippen molar-refractivity contribution in [2.45, 2.75) is 0 Å². The van der Waals surface area contributed by atoms with Crippen LogP contribution >= 0.6 is 0 Å². The molecular weight excluding hydrogens is 228 g/mol. The molecule has 1 heterocycles. The van der Waals surface area contributed by atoms with Crippen LogP contribution in [0.2, 0.25) is 0 Å². The van der Waals surface area contributed by atoms with E-state index in [1.54, 1.807) is 6.07 Å². The third-order valence-electron chi connectivity index (χ3n) is 1.92. The van der Waals surface area contributed by atoms with Gasteiger partial charge < -0.3 is 10.0 Å². The quantitative estimate of drug-likeness (QED) is 0.592. The zero-order valence-corrected chi connectivity index (χ0v) is 8.82. The Balaban J connectivity index is 3.13. The van der Waals surface area contributed by atoms with Gasteiger partial charge in [-0.1, -0.05) is 0 Å². The first-order valence-electron chi connectivity index (χ1n) is 4.43. The van der Waals surface area contributed by atoms with E-state index in [1.165, 1.54) is 11.9 Å². The number of carboxylic acids is 1. The molecule has 0 aliphatic carbocycles. The third kappa shape index (κ3) is 2.88. The summed E-state index contributed by atoms with van der Waals surface area (Å²) in [6.45, 7) is -0.348. The highest BCUT2D eigenvalue weighted by molar-refractivity contribution is 5.74. The molecule has 0 saturated carbocycles. The van der Waals surface area contributed by atoms with E-state index < -0.39 is 10.9 Å². The van der Waals surface area contributed by atoms with Crippen LogP contribution in [0, 0.1) is 21.4 Å². The minimum absolute atomic E-state index is 0.0389. The van der Waals surface area contributed by atoms with Gasteiger partial charge in [-0.25, -0.2) is 4.98 Å². The van der Waals surface area contributed by atoms with Gasteiger partial charge in [-0.3, -0.25) is 14.9 Å². The standard InChI is InChI=1S/C9H8N4O4/c1-12(5-8(14)15)9-6(3-10)2-7(4-11-9)13(16)17/h2,4H,5H2,1H3,(H,14,15). The molecule has 8 nitrogen and oxygen atoms in total. The van der Waals surface area contributed by atoms with Gasteiger partial charge in [0.05, 0.1) is 4.92 Å². The lowest BCUT2D eigenvalue weighted by Crippen LogP contribution is -2.26. The Morgan fingerprint density at radius 1 is 1.76 bits per heavy atom. The van der Waals surface area contributed by atoms with Gasteiger partial charge in [0.1, 0.15) is 30.2 Å². The normalized spacial score (nSPS) is 9.41. The van der Waals surface area contributed by atoms with E-state index in [0.29, 0.717) is 0 Å². The molecule has 0 atom stereocenters. The van der Waals surface area contributed by atoms with Crippen LogP contribution in [0.25, 0.3) is 0 Å². The van der Waals surface area contributed by atoms with Crippen molar-refractivity contribution in [2.24, 2.45) is 0 Å². The number of rotatable bonds is 4. The topological polar surface area (TPSA) is 120 Å². The Bertz CT molecular complexity index is 508. The molecule has 0 spiro atoms. The number of pyridine rings is 1. The van der Waals surface area contributed by atoms with E-state index in [2.05, 4.69) is 4.98 Å². The molecule has 1 aromatic heterocycles. The highest BCUT2D eigenvalue weighted by atomic mass is 16.6. The minimum atomic E-state index is -1.09. The van der Waals surface area contributed by atoms with Crippen molar-refractivity contribution in [3.8, 4) is 6.07 Å². The van der Waals surface area contributed by atoms with E-state index in [-0.39, 0.29) is 23.6 Å². The Morgan fingerprint density at radius 3 is 2.88 bits per heavy atom. The molecular formula is C9H8N4O4. The van der Waals surface area contributed by atoms with E-state index in [4.69, 9.17) is 10.4 Å². The van der Waals surface area contributed by atoms with E-state index in [1.807, 2.05) is 0 Å². The number of nitriles is 1. The van der Waals surface area contributed by atoms with Crippen LogP contribution in [0.15, 0.2) is 12.3 Å². The molecule has 0 bridgehead atoms. The van der Waals surface area contributed by atoms with Crippen molar-refractivity contribution >= 4 is 17.5 Å². The molecule has 0 aliphatic rings. The Kier molecular flexibility index (Phi) is 3.56. The number of likely N-dealkylation sites (N-methyl/N-ethyl adjacent to an activating group) is 1. The van der Waals surface area contributed by atoms with Gasteiger partial charge in [0.25, 0.3) is 5.69 Å². The maximum Gasteiger partial charge on any atom is 0.323 e. The van der Waals surface area contributed by atoms with Crippen LogP contribution in [-0.4, -0.2) is 34.6 Å². The Labute approximate surface area is 95.9 Å². The fourth-order valence-corrected chi connectivity index (χ4v) is 1.21. The summed E-state index contributed by atoms with van der Waals surface area (Å²) in [5.74, 6) is -0.989. The third-order valence-corrected chi connectivity index (χ3v) is 1.92. The van der Waals surface area contributed by atoms with E-state index in [9.17, 15) is 14.9 Å². The zero-order valence-electron chi connectivity index (χ0n) is 8.82. The zero-order chi connectivity index (χ0) is 13.0. The van der Waals surface area contributed by atoms with Gasteiger partial charge in [0.15, 0.2) is 0 Å². The number of nitrogens with zero attached hydrogens (tertiary/aromatic N) is 4. The number of aromatic nitrogens is 1. The Hall–Kier alpha value is -2.69. The first kappa shape index (κ1) is 12.4. The summed E-state index contributed by atoms with van der Waals surface area (Å²) >= 11 is 0. The van der Waals surface area contributed by atoms with Crippen LogP contribution in [0.3, 0.4) is 0 Å². The number of anilines is 1. The summed E-state index contributed by atoms with van der Waals surface area (Å²) in [6, 6.07) is 2.80. The fourth-order valence-electron chi connectivity index (χ4n) is 1.21. The van der Waals surface area contributed by atoms with Crippen molar-refractivity contribution < 1.29 is 14.8 Å². The molecule has 0 saturated heterocycles. The van der Waals surface area contributed by atoms with Crippen molar-refractivity contribution in [3.05, 3.63) is 27.9 Å². The van der Waals surface area contributed by atoms with Gasteiger partial charge in [0.2, 0.25) is 0 Å². The molecule has 8 heteroatoms. The maximum absolute atomic E-state index is 10.5. The average molecular weight is 236 g/mol. The first-order valence-corrected chi connectivity index (χ1v) is 4.43. The first-order chi connectivity index (χ1) is 7.95. The van der Waals surface area contributed by atoms with Crippen molar-refractivity contribution in [2.75, 3.05) is 18.5 Å². The highest BCUT2D eigenvalue weighted by Gasteiger charge is 2.16. The van der Waals surface area contributed by atoms with E-state index in [0.717, 1.165) is 12.3 Å². The van der Waals surface area contributed by atoms with Crippen LogP contribution in [0.4, 0.5) is 11.5 Å². The molecule has 0 amide bonds. The number of nitro groups is 1. The SMILES string of the molecule is CN(CC(=O)O)c1ncc([N+](=O)[O-])cc1C#N. The lowest BCUT2D eigenvalue weighted by molar-refractivity contribution is -0.385. The van der Waals surface area contributed by atoms with Gasteiger partial charge in [0, 0.05) is 13.1 Å². The second kappa shape index (κ2) is 4.89. The molecule has 1 N–H and O–H groups in total. The molecule has 0 aromatic carbocycles. The van der Waals surface area contributed by atoms with Crippen LogP contribution in [0.5, 0.6) is 0 Å². The van der Waals surface area contributed by atoms with Crippen molar-refractivity contribution in [1.82, 2.24) is 4.98 Å². The van der Waals surface area contributed by atoms with Crippen LogP contribution in [-0.2, 0) is 4.79 Å². The van der Waals surface area contributed by atoms with Gasteiger partial charge in [-0.15, -0.1) is 0 Å². The summed E-state index contributed by atoms with van der Waals surface area (Å²) in [4.78, 5) is 25.3. The van der Waals surface area contributed by atoms with Crippen LogP contribution < -0.4 is 4.90 Å². The number of hydrogen-bond acceptors (Lipinski definition) is 6. The molecule has 0 radical (unpaired) electrons. The average Bonchev–Trinajstić information content (AvgIpc) is 2.27. The second-order valence-electron chi connectivity index (χ2n) is 3.18. The summed E-state index contributed by atoms with van der Waals surface area (Å²) in [7, 11) is 1.43. The smallest absolute Gasteiger partial charge is 0.323 e. The van der Waals surface area contributed by atoms with Gasteiger partial charge in [-0.05, 0) is 0 Å². The maximum atomic E-state index is 10.5. The fraction of sp³-hybridized carbons (Fsp3) is 0.222. The number of carboxylic acid groups (broad SMARTS) is 1. The summed E-state index contributed by atoms with van der Waals surface area (Å²) in [5, 5.41) is 27.9.